The van der Waals surface area contributed by atoms with Gasteiger partial charge in [0.15, 0.2) is 10.9 Å². The number of aromatic nitrogens is 5. The third-order valence-corrected chi connectivity index (χ3v) is 4.97. The molecule has 1 aromatic carbocycles. The highest BCUT2D eigenvalue weighted by molar-refractivity contribution is 7.15. The summed E-state index contributed by atoms with van der Waals surface area (Å²) in [7, 11) is 0. The van der Waals surface area contributed by atoms with Crippen molar-refractivity contribution in [2.75, 3.05) is 5.32 Å². The molecule has 4 rings (SSSR count). The number of hydrogen-bond acceptors (Lipinski definition) is 6. The molecule has 1 amide bonds. The quantitative estimate of drug-likeness (QED) is 0.578. The Morgan fingerprint density at radius 3 is 2.93 bits per heavy atom. The van der Waals surface area contributed by atoms with Crippen molar-refractivity contribution in [1.29, 1.82) is 0 Å². The molecule has 0 unspecified atom stereocenters. The number of nitrogens with one attached hydrogen (secondary N) is 1. The average Bonchev–Trinajstić information content (AvgIpc) is 3.36. The Hall–Kier alpha value is -3.39. The number of hydrogen-bond donors (Lipinski definition) is 1. The van der Waals surface area contributed by atoms with Crippen LogP contribution < -0.4 is 5.32 Å². The van der Waals surface area contributed by atoms with Gasteiger partial charge < -0.3 is 0 Å². The lowest BCUT2D eigenvalue weighted by atomic mass is 10.1. The lowest BCUT2D eigenvalue weighted by Gasteiger charge is -2.04. The molecule has 0 aliphatic heterocycles. The largest absolute Gasteiger partial charge is 0.298 e. The number of aryl methyl sites for hydroxylation is 1. The van der Waals surface area contributed by atoms with Crippen molar-refractivity contribution >= 4 is 22.4 Å². The molecule has 3 aromatic heterocycles. The van der Waals surface area contributed by atoms with Gasteiger partial charge in [0.05, 0.1) is 0 Å². The Morgan fingerprint density at radius 2 is 2.11 bits per heavy atom. The van der Waals surface area contributed by atoms with Crippen molar-refractivity contribution in [2.24, 2.45) is 0 Å². The molecule has 4 aromatic rings. The summed E-state index contributed by atoms with van der Waals surface area (Å²) in [4.78, 5) is 26.0. The molecule has 0 aliphatic carbocycles. The number of anilines is 1. The predicted molar refractivity (Wildman–Crippen MR) is 103 cm³/mol. The van der Waals surface area contributed by atoms with Gasteiger partial charge in [-0.15, -0.1) is 11.3 Å². The van der Waals surface area contributed by atoms with Gasteiger partial charge in [0.25, 0.3) is 5.91 Å². The maximum atomic E-state index is 12.5. The summed E-state index contributed by atoms with van der Waals surface area (Å²) in [5.74, 6) is 0.287. The molecule has 0 saturated heterocycles. The summed E-state index contributed by atoms with van der Waals surface area (Å²) in [6, 6.07) is 11.6. The highest BCUT2D eigenvalue weighted by atomic mass is 32.1. The summed E-state index contributed by atoms with van der Waals surface area (Å²) >= 11 is 1.48. The Labute approximate surface area is 159 Å². The van der Waals surface area contributed by atoms with E-state index in [0.29, 0.717) is 16.5 Å². The van der Waals surface area contributed by atoms with Gasteiger partial charge >= 0.3 is 0 Å². The van der Waals surface area contributed by atoms with Crippen LogP contribution in [0.15, 0.2) is 61.4 Å². The van der Waals surface area contributed by atoms with Crippen LogP contribution >= 0.6 is 11.3 Å². The summed E-state index contributed by atoms with van der Waals surface area (Å²) in [5, 5.41) is 7.44. The van der Waals surface area contributed by atoms with Gasteiger partial charge in [-0.3, -0.25) is 10.1 Å². The normalized spacial score (nSPS) is 10.7. The lowest BCUT2D eigenvalue weighted by Crippen LogP contribution is -2.12. The maximum Gasteiger partial charge on any atom is 0.257 e. The molecular formula is C19H16N6OS. The summed E-state index contributed by atoms with van der Waals surface area (Å²) in [5.41, 5.74) is 2.98. The molecule has 1 N–H and O–H groups in total. The summed E-state index contributed by atoms with van der Waals surface area (Å²) in [6.45, 7) is 2.09. The minimum absolute atomic E-state index is 0.240. The Bertz CT molecular complexity index is 1070. The molecule has 0 bridgehead atoms. The smallest absolute Gasteiger partial charge is 0.257 e. The van der Waals surface area contributed by atoms with Crippen molar-refractivity contribution < 1.29 is 4.79 Å². The van der Waals surface area contributed by atoms with Gasteiger partial charge in [-0.2, -0.15) is 5.10 Å². The Balaban J connectivity index is 1.47. The van der Waals surface area contributed by atoms with Crippen molar-refractivity contribution in [3.63, 3.8) is 0 Å². The number of pyridine rings is 1. The standard InChI is InChI=1S/C19H16N6OS/c1-13-4-2-3-5-14(13)8-16-10-22-19(27-16)24-18(26)15-6-7-21-17(9-15)25-12-20-11-23-25/h2-7,9-12H,8H2,1H3,(H,22,24,26). The zero-order valence-electron chi connectivity index (χ0n) is 14.5. The number of benzene rings is 1. The van der Waals surface area contributed by atoms with Gasteiger partial charge in [-0.1, -0.05) is 24.3 Å². The Morgan fingerprint density at radius 1 is 1.22 bits per heavy atom. The number of nitrogens with zero attached hydrogens (tertiary/aromatic N) is 5. The van der Waals surface area contributed by atoms with Crippen molar-refractivity contribution in [1.82, 2.24) is 24.7 Å². The van der Waals surface area contributed by atoms with Gasteiger partial charge in [0.2, 0.25) is 0 Å². The first-order chi connectivity index (χ1) is 13.2. The summed E-state index contributed by atoms with van der Waals surface area (Å²) in [6.07, 6.45) is 7.12. The molecular weight excluding hydrogens is 360 g/mol. The molecule has 7 nitrogen and oxygen atoms in total. The lowest BCUT2D eigenvalue weighted by molar-refractivity contribution is 0.102. The SMILES string of the molecule is Cc1ccccc1Cc1cnc(NC(=O)c2ccnc(-n3cncn3)c2)s1. The van der Waals surface area contributed by atoms with E-state index in [9.17, 15) is 4.79 Å². The molecule has 0 aliphatic rings. The number of thiazole rings is 1. The van der Waals surface area contributed by atoms with E-state index in [0.717, 1.165) is 11.3 Å². The highest BCUT2D eigenvalue weighted by Gasteiger charge is 2.12. The fourth-order valence-electron chi connectivity index (χ4n) is 2.62. The van der Waals surface area contributed by atoms with E-state index >= 15 is 0 Å². The van der Waals surface area contributed by atoms with Gasteiger partial charge in [-0.05, 0) is 30.2 Å². The minimum Gasteiger partial charge on any atom is -0.298 e. The topological polar surface area (TPSA) is 85.6 Å². The third-order valence-electron chi connectivity index (χ3n) is 4.06. The van der Waals surface area contributed by atoms with Crippen molar-refractivity contribution in [3.8, 4) is 5.82 Å². The van der Waals surface area contributed by atoms with Crippen molar-refractivity contribution in [3.05, 3.63) is 83.0 Å². The zero-order chi connectivity index (χ0) is 18.6. The Kier molecular flexibility index (Phi) is 4.71. The average molecular weight is 376 g/mol. The number of amides is 1. The molecule has 0 atom stereocenters. The van der Waals surface area contributed by atoms with Crippen LogP contribution in [0.2, 0.25) is 0 Å². The second-order valence-electron chi connectivity index (χ2n) is 5.93. The van der Waals surface area contributed by atoms with Crippen LogP contribution in [0, 0.1) is 6.92 Å². The fraction of sp³-hybridized carbons (Fsp3) is 0.105. The van der Waals surface area contributed by atoms with E-state index in [-0.39, 0.29) is 5.91 Å². The van der Waals surface area contributed by atoms with Crippen LogP contribution in [0.1, 0.15) is 26.4 Å². The second kappa shape index (κ2) is 7.46. The first-order valence-electron chi connectivity index (χ1n) is 8.30. The van der Waals surface area contributed by atoms with E-state index in [4.69, 9.17) is 0 Å². The number of rotatable bonds is 5. The molecule has 3 heterocycles. The molecule has 27 heavy (non-hydrogen) atoms. The minimum atomic E-state index is -0.240. The summed E-state index contributed by atoms with van der Waals surface area (Å²) < 4.78 is 1.50. The van der Waals surface area contributed by atoms with Crippen molar-refractivity contribution in [2.45, 2.75) is 13.3 Å². The molecule has 0 fully saturated rings. The van der Waals surface area contributed by atoms with E-state index < -0.39 is 0 Å². The maximum absolute atomic E-state index is 12.5. The van der Waals surface area contributed by atoms with Crippen LogP contribution in [-0.4, -0.2) is 30.6 Å². The van der Waals surface area contributed by atoms with Crippen LogP contribution in [0.5, 0.6) is 0 Å². The monoisotopic (exact) mass is 376 g/mol. The zero-order valence-corrected chi connectivity index (χ0v) is 15.3. The van der Waals surface area contributed by atoms with Gasteiger partial charge in [0.1, 0.15) is 12.7 Å². The van der Waals surface area contributed by atoms with E-state index in [2.05, 4.69) is 44.4 Å². The van der Waals surface area contributed by atoms with Gasteiger partial charge in [-0.25, -0.2) is 19.6 Å². The van der Waals surface area contributed by atoms with Crippen LogP contribution in [0.25, 0.3) is 5.82 Å². The number of carbonyl (C=O) groups excluding carboxylic acids is 1. The van der Waals surface area contributed by atoms with Crippen LogP contribution in [-0.2, 0) is 6.42 Å². The number of carbonyl (C=O) groups is 1. The molecule has 0 saturated carbocycles. The third kappa shape index (κ3) is 3.90. The fourth-order valence-corrected chi connectivity index (χ4v) is 3.45. The molecule has 8 heteroatoms. The molecule has 0 spiro atoms. The molecule has 134 valence electrons. The van der Waals surface area contributed by atoms with Gasteiger partial charge in [0, 0.05) is 29.3 Å². The first kappa shape index (κ1) is 17.0. The van der Waals surface area contributed by atoms with Crippen LogP contribution in [0.4, 0.5) is 5.13 Å². The first-order valence-corrected chi connectivity index (χ1v) is 9.12. The predicted octanol–water partition coefficient (Wildman–Crippen LogP) is 3.27. The van der Waals surface area contributed by atoms with E-state index in [1.54, 1.807) is 24.5 Å². The highest BCUT2D eigenvalue weighted by Crippen LogP contribution is 2.23. The van der Waals surface area contributed by atoms with E-state index in [1.807, 2.05) is 12.1 Å². The van der Waals surface area contributed by atoms with E-state index in [1.165, 1.54) is 39.8 Å². The second-order valence-corrected chi connectivity index (χ2v) is 7.05. The van der Waals surface area contributed by atoms with Crippen LogP contribution in [0.3, 0.4) is 0 Å². The molecule has 0 radical (unpaired) electrons.